The van der Waals surface area contributed by atoms with Gasteiger partial charge < -0.3 is 15.2 Å². The Morgan fingerprint density at radius 1 is 1.56 bits per heavy atom. The summed E-state index contributed by atoms with van der Waals surface area (Å²) in [4.78, 5) is 11.6. The molecule has 0 fully saturated rings. The molecule has 0 amide bonds. The predicted octanol–water partition coefficient (Wildman–Crippen LogP) is 1.85. The van der Waals surface area contributed by atoms with Crippen molar-refractivity contribution >= 4 is 21.7 Å². The minimum atomic E-state index is -0.630. The van der Waals surface area contributed by atoms with E-state index in [1.54, 1.807) is 0 Å². The molecule has 0 saturated heterocycles. The highest BCUT2D eigenvalue weighted by Gasteiger charge is 2.26. The summed E-state index contributed by atoms with van der Waals surface area (Å²) < 4.78 is 24.1. The van der Waals surface area contributed by atoms with Gasteiger partial charge in [0.2, 0.25) is 6.79 Å². The second-order valence-electron chi connectivity index (χ2n) is 3.24. The molecule has 4 nitrogen and oxygen atoms in total. The Kier molecular flexibility index (Phi) is 3.11. The van der Waals surface area contributed by atoms with Crippen molar-refractivity contribution in [1.29, 1.82) is 0 Å². The number of ketones is 1. The Balaban J connectivity index is 2.50. The lowest BCUT2D eigenvalue weighted by atomic mass is 10.1. The van der Waals surface area contributed by atoms with E-state index in [0.717, 1.165) is 6.07 Å². The third kappa shape index (κ3) is 1.78. The molecule has 0 radical (unpaired) electrons. The van der Waals surface area contributed by atoms with Crippen LogP contribution in [0.4, 0.5) is 4.39 Å². The van der Waals surface area contributed by atoms with Crippen LogP contribution in [0.2, 0.25) is 0 Å². The normalized spacial score (nSPS) is 12.9. The van der Waals surface area contributed by atoms with Gasteiger partial charge in [0.1, 0.15) is 5.82 Å². The first-order valence-electron chi connectivity index (χ1n) is 4.66. The summed E-state index contributed by atoms with van der Waals surface area (Å²) in [6.07, 6.45) is 0.0924. The van der Waals surface area contributed by atoms with Gasteiger partial charge >= 0.3 is 0 Å². The summed E-state index contributed by atoms with van der Waals surface area (Å²) in [5.41, 5.74) is 5.23. The molecular formula is C10H9BrFNO3. The van der Waals surface area contributed by atoms with Crippen LogP contribution in [0, 0.1) is 5.82 Å². The number of Topliss-reactive ketones (excluding diaryl/α,β-unsaturated/α-hetero) is 1. The van der Waals surface area contributed by atoms with E-state index < -0.39 is 5.82 Å². The quantitative estimate of drug-likeness (QED) is 0.863. The number of nitrogens with two attached hydrogens (primary N) is 1. The van der Waals surface area contributed by atoms with Crippen molar-refractivity contribution < 1.29 is 18.7 Å². The lowest BCUT2D eigenvalue weighted by Gasteiger charge is -2.07. The highest BCUT2D eigenvalue weighted by Crippen LogP contribution is 2.42. The maximum atomic E-state index is 13.7. The van der Waals surface area contributed by atoms with Crippen LogP contribution in [-0.2, 0) is 0 Å². The predicted molar refractivity (Wildman–Crippen MR) is 58.2 cm³/mol. The number of halogens is 2. The Labute approximate surface area is 99.6 Å². The fourth-order valence-corrected chi connectivity index (χ4v) is 2.20. The van der Waals surface area contributed by atoms with Gasteiger partial charge in [-0.1, -0.05) is 0 Å². The molecule has 2 rings (SSSR count). The highest BCUT2D eigenvalue weighted by atomic mass is 79.9. The van der Waals surface area contributed by atoms with Crippen LogP contribution in [0.5, 0.6) is 11.5 Å². The van der Waals surface area contributed by atoms with E-state index in [2.05, 4.69) is 15.9 Å². The molecule has 1 aliphatic heterocycles. The molecule has 86 valence electrons. The molecule has 0 saturated carbocycles. The number of hydrogen-bond donors (Lipinski definition) is 1. The molecule has 1 aliphatic rings. The first-order chi connectivity index (χ1) is 7.65. The van der Waals surface area contributed by atoms with Gasteiger partial charge in [-0.05, 0) is 22.5 Å². The van der Waals surface area contributed by atoms with Crippen molar-refractivity contribution in [3.05, 3.63) is 21.9 Å². The maximum Gasteiger partial charge on any atom is 0.231 e. The molecular weight excluding hydrogens is 281 g/mol. The highest BCUT2D eigenvalue weighted by molar-refractivity contribution is 9.10. The molecule has 0 atom stereocenters. The van der Waals surface area contributed by atoms with Crippen molar-refractivity contribution in [2.75, 3.05) is 13.3 Å². The molecule has 16 heavy (non-hydrogen) atoms. The Morgan fingerprint density at radius 3 is 3.00 bits per heavy atom. The van der Waals surface area contributed by atoms with Crippen LogP contribution in [0.15, 0.2) is 10.5 Å². The lowest BCUT2D eigenvalue weighted by molar-refractivity contribution is 0.0980. The Morgan fingerprint density at radius 2 is 2.31 bits per heavy atom. The smallest absolute Gasteiger partial charge is 0.231 e. The zero-order chi connectivity index (χ0) is 11.7. The van der Waals surface area contributed by atoms with Crippen molar-refractivity contribution in [3.63, 3.8) is 0 Å². The number of rotatable bonds is 3. The average Bonchev–Trinajstić information content (AvgIpc) is 2.66. The lowest BCUT2D eigenvalue weighted by Crippen LogP contribution is -2.10. The Hall–Kier alpha value is -1.14. The molecule has 1 aromatic carbocycles. The molecule has 2 N–H and O–H groups in total. The van der Waals surface area contributed by atoms with Crippen molar-refractivity contribution in [2.24, 2.45) is 5.73 Å². The van der Waals surface area contributed by atoms with E-state index in [-0.39, 0.29) is 31.1 Å². The first-order valence-corrected chi connectivity index (χ1v) is 5.45. The summed E-state index contributed by atoms with van der Waals surface area (Å²) in [5.74, 6) is -0.324. The second-order valence-corrected chi connectivity index (χ2v) is 4.04. The van der Waals surface area contributed by atoms with E-state index in [9.17, 15) is 9.18 Å². The maximum absolute atomic E-state index is 13.7. The van der Waals surface area contributed by atoms with Gasteiger partial charge in [-0.25, -0.2) is 4.39 Å². The number of ether oxygens (including phenoxy) is 2. The van der Waals surface area contributed by atoms with Crippen molar-refractivity contribution in [2.45, 2.75) is 6.42 Å². The number of benzene rings is 1. The molecule has 0 spiro atoms. The summed E-state index contributed by atoms with van der Waals surface area (Å²) in [6.45, 7) is 0.209. The number of fused-ring (bicyclic) bond motifs is 1. The molecule has 0 aromatic heterocycles. The van der Waals surface area contributed by atoms with Crippen molar-refractivity contribution in [1.82, 2.24) is 0 Å². The average molecular weight is 290 g/mol. The number of carbonyl (C=O) groups excluding carboxylic acids is 1. The van der Waals surface area contributed by atoms with Crippen LogP contribution >= 0.6 is 15.9 Å². The standard InChI is InChI=1S/C10H9BrFNO3/c11-9-8(6(14)1-2-13)5(12)3-7-10(9)16-4-15-7/h3H,1-2,4,13H2. The largest absolute Gasteiger partial charge is 0.453 e. The van der Waals surface area contributed by atoms with E-state index in [0.29, 0.717) is 16.0 Å². The molecule has 0 aliphatic carbocycles. The SMILES string of the molecule is NCCC(=O)c1c(F)cc2c(c1Br)OCO2. The fraction of sp³-hybridized carbons (Fsp3) is 0.300. The molecule has 1 heterocycles. The van der Waals surface area contributed by atoms with Crippen LogP contribution in [0.25, 0.3) is 0 Å². The summed E-state index contributed by atoms with van der Waals surface area (Å²) in [6, 6.07) is 1.15. The summed E-state index contributed by atoms with van der Waals surface area (Å²) in [7, 11) is 0. The van der Waals surface area contributed by atoms with Crippen LogP contribution in [0.1, 0.15) is 16.8 Å². The van der Waals surface area contributed by atoms with Gasteiger partial charge in [-0.3, -0.25) is 4.79 Å². The monoisotopic (exact) mass is 289 g/mol. The minimum Gasteiger partial charge on any atom is -0.453 e. The Bertz CT molecular complexity index is 450. The third-order valence-electron chi connectivity index (χ3n) is 2.21. The van der Waals surface area contributed by atoms with Crippen LogP contribution < -0.4 is 15.2 Å². The van der Waals surface area contributed by atoms with Gasteiger partial charge in [0.15, 0.2) is 17.3 Å². The van der Waals surface area contributed by atoms with E-state index in [1.807, 2.05) is 0 Å². The molecule has 6 heteroatoms. The van der Waals surface area contributed by atoms with Gasteiger partial charge in [-0.2, -0.15) is 0 Å². The van der Waals surface area contributed by atoms with E-state index in [1.165, 1.54) is 0 Å². The van der Waals surface area contributed by atoms with Crippen molar-refractivity contribution in [3.8, 4) is 11.5 Å². The van der Waals surface area contributed by atoms with Gasteiger partial charge in [0.05, 0.1) is 10.0 Å². The van der Waals surface area contributed by atoms with E-state index >= 15 is 0 Å². The first kappa shape index (κ1) is 11.3. The van der Waals surface area contributed by atoms with Gasteiger partial charge in [0.25, 0.3) is 0 Å². The molecule has 1 aromatic rings. The molecule has 0 unspecified atom stereocenters. The zero-order valence-electron chi connectivity index (χ0n) is 8.26. The second kappa shape index (κ2) is 4.39. The summed E-state index contributed by atoms with van der Waals surface area (Å²) in [5, 5.41) is 0. The van der Waals surface area contributed by atoms with Crippen LogP contribution in [-0.4, -0.2) is 19.1 Å². The number of hydrogen-bond acceptors (Lipinski definition) is 4. The third-order valence-corrected chi connectivity index (χ3v) is 2.96. The fourth-order valence-electron chi connectivity index (χ4n) is 1.48. The van der Waals surface area contributed by atoms with Gasteiger partial charge in [-0.15, -0.1) is 0 Å². The minimum absolute atomic E-state index is 0.0297. The number of carbonyl (C=O) groups is 1. The topological polar surface area (TPSA) is 61.6 Å². The summed E-state index contributed by atoms with van der Waals surface area (Å²) >= 11 is 3.15. The van der Waals surface area contributed by atoms with Gasteiger partial charge in [0, 0.05) is 12.5 Å². The van der Waals surface area contributed by atoms with Crippen LogP contribution in [0.3, 0.4) is 0 Å². The van der Waals surface area contributed by atoms with E-state index in [4.69, 9.17) is 15.2 Å². The molecule has 0 bridgehead atoms. The zero-order valence-corrected chi connectivity index (χ0v) is 9.84.